The summed E-state index contributed by atoms with van der Waals surface area (Å²) < 4.78 is 37.8. The zero-order chi connectivity index (χ0) is 14.8. The van der Waals surface area contributed by atoms with E-state index in [4.69, 9.17) is 5.73 Å². The van der Waals surface area contributed by atoms with Gasteiger partial charge in [0.25, 0.3) is 0 Å². The summed E-state index contributed by atoms with van der Waals surface area (Å²) in [7, 11) is 0. The number of hydrogen-bond acceptors (Lipinski definition) is 2. The van der Waals surface area contributed by atoms with Crippen LogP contribution >= 0.6 is 0 Å². The van der Waals surface area contributed by atoms with Gasteiger partial charge in [0.15, 0.2) is 0 Å². The maximum absolute atomic E-state index is 12.6. The first kappa shape index (κ1) is 15.5. The summed E-state index contributed by atoms with van der Waals surface area (Å²) in [5, 5.41) is 2.91. The molecule has 1 rings (SSSR count). The third kappa shape index (κ3) is 3.96. The Labute approximate surface area is 110 Å². The molecule has 0 aromatic heterocycles. The van der Waals surface area contributed by atoms with Crippen molar-refractivity contribution in [1.29, 1.82) is 0 Å². The lowest BCUT2D eigenvalue weighted by molar-refractivity contribution is -0.137. The normalized spacial score (nSPS) is 14.2. The summed E-state index contributed by atoms with van der Waals surface area (Å²) in [4.78, 5) is 11.2. The van der Waals surface area contributed by atoms with Gasteiger partial charge in [-0.15, -0.1) is 0 Å². The molecule has 0 fully saturated rings. The topological polar surface area (TPSA) is 55.1 Å². The molecule has 0 radical (unpaired) electrons. The molecule has 0 bridgehead atoms. The molecule has 1 unspecified atom stereocenters. The summed E-state index contributed by atoms with van der Waals surface area (Å²) in [6.45, 7) is 4.85. The van der Waals surface area contributed by atoms with E-state index in [1.165, 1.54) is 6.07 Å². The molecule has 106 valence electrons. The summed E-state index contributed by atoms with van der Waals surface area (Å²) in [5.74, 6) is -0.564. The average Bonchev–Trinajstić information content (AvgIpc) is 2.27. The minimum atomic E-state index is -4.38. The molecule has 0 aliphatic rings. The first-order valence-corrected chi connectivity index (χ1v) is 5.79. The van der Waals surface area contributed by atoms with E-state index in [1.54, 1.807) is 26.8 Å². The maximum Gasteiger partial charge on any atom is 0.416 e. The number of primary amides is 1. The molecule has 19 heavy (non-hydrogen) atoms. The van der Waals surface area contributed by atoms with Crippen LogP contribution in [0.25, 0.3) is 0 Å². The van der Waals surface area contributed by atoms with Crippen LogP contribution in [0.2, 0.25) is 0 Å². The molecule has 0 aliphatic heterocycles. The highest BCUT2D eigenvalue weighted by molar-refractivity contribution is 5.83. The van der Waals surface area contributed by atoms with Gasteiger partial charge in [-0.3, -0.25) is 10.1 Å². The predicted molar refractivity (Wildman–Crippen MR) is 66.3 cm³/mol. The number of carbonyl (C=O) groups excluding carboxylic acids is 1. The Balaban J connectivity index is 2.95. The zero-order valence-corrected chi connectivity index (χ0v) is 11.0. The summed E-state index contributed by atoms with van der Waals surface area (Å²) >= 11 is 0. The monoisotopic (exact) mass is 274 g/mol. The van der Waals surface area contributed by atoms with Gasteiger partial charge in [-0.2, -0.15) is 13.2 Å². The molecule has 6 heteroatoms. The Hall–Kier alpha value is -1.56. The molecule has 1 atom stereocenters. The van der Waals surface area contributed by atoms with Crippen molar-refractivity contribution in [2.75, 3.05) is 0 Å². The van der Waals surface area contributed by atoms with Crippen LogP contribution in [-0.2, 0) is 11.0 Å². The van der Waals surface area contributed by atoms with Crippen molar-refractivity contribution in [3.05, 3.63) is 35.4 Å². The Kier molecular flexibility index (Phi) is 4.25. The van der Waals surface area contributed by atoms with Gasteiger partial charge >= 0.3 is 6.18 Å². The Morgan fingerprint density at radius 1 is 1.32 bits per heavy atom. The van der Waals surface area contributed by atoms with Crippen molar-refractivity contribution >= 4 is 5.91 Å². The Bertz CT molecular complexity index is 469. The third-order valence-corrected chi connectivity index (χ3v) is 2.91. The number of carbonyl (C=O) groups is 1. The van der Waals surface area contributed by atoms with Gasteiger partial charge in [-0.1, -0.05) is 12.1 Å². The van der Waals surface area contributed by atoms with Crippen LogP contribution in [0.1, 0.15) is 37.9 Å². The molecule has 1 amide bonds. The van der Waals surface area contributed by atoms with Crippen LogP contribution in [0.15, 0.2) is 24.3 Å². The molecule has 1 aromatic carbocycles. The molecular formula is C13H17F3N2O. The first-order valence-electron chi connectivity index (χ1n) is 5.79. The van der Waals surface area contributed by atoms with E-state index in [-0.39, 0.29) is 0 Å². The predicted octanol–water partition coefficient (Wildman–Crippen LogP) is 2.62. The molecule has 0 spiro atoms. The Morgan fingerprint density at radius 2 is 1.89 bits per heavy atom. The van der Waals surface area contributed by atoms with Crippen LogP contribution < -0.4 is 11.1 Å². The zero-order valence-electron chi connectivity index (χ0n) is 11.0. The number of nitrogens with one attached hydrogen (secondary N) is 1. The minimum Gasteiger partial charge on any atom is -0.368 e. The number of alkyl halides is 3. The highest BCUT2D eigenvalue weighted by atomic mass is 19.4. The SMILES string of the molecule is CC(NC(C)(C)C(N)=O)c1cccc(C(F)(F)F)c1. The van der Waals surface area contributed by atoms with E-state index in [2.05, 4.69) is 5.32 Å². The van der Waals surface area contributed by atoms with Crippen LogP contribution in [-0.4, -0.2) is 11.4 Å². The number of halogens is 3. The van der Waals surface area contributed by atoms with Crippen molar-refractivity contribution in [3.8, 4) is 0 Å². The lowest BCUT2D eigenvalue weighted by Crippen LogP contribution is -2.51. The van der Waals surface area contributed by atoms with E-state index in [0.29, 0.717) is 5.56 Å². The van der Waals surface area contributed by atoms with E-state index >= 15 is 0 Å². The number of nitrogens with two attached hydrogens (primary N) is 1. The van der Waals surface area contributed by atoms with Crippen molar-refractivity contribution in [2.24, 2.45) is 5.73 Å². The van der Waals surface area contributed by atoms with Crippen molar-refractivity contribution in [2.45, 2.75) is 38.5 Å². The van der Waals surface area contributed by atoms with Crippen molar-refractivity contribution < 1.29 is 18.0 Å². The van der Waals surface area contributed by atoms with Crippen LogP contribution in [0.4, 0.5) is 13.2 Å². The van der Waals surface area contributed by atoms with E-state index in [1.807, 2.05) is 0 Å². The highest BCUT2D eigenvalue weighted by Crippen LogP contribution is 2.31. The van der Waals surface area contributed by atoms with E-state index < -0.39 is 29.2 Å². The van der Waals surface area contributed by atoms with Gasteiger partial charge in [-0.25, -0.2) is 0 Å². The number of hydrogen-bond donors (Lipinski definition) is 2. The smallest absolute Gasteiger partial charge is 0.368 e. The largest absolute Gasteiger partial charge is 0.416 e. The third-order valence-electron chi connectivity index (χ3n) is 2.91. The average molecular weight is 274 g/mol. The molecule has 0 aliphatic carbocycles. The minimum absolute atomic E-state index is 0.426. The van der Waals surface area contributed by atoms with E-state index in [9.17, 15) is 18.0 Å². The van der Waals surface area contributed by atoms with Gasteiger partial charge < -0.3 is 5.73 Å². The number of amides is 1. The second kappa shape index (κ2) is 5.21. The second-order valence-electron chi connectivity index (χ2n) is 4.98. The standard InChI is InChI=1S/C13H17F3N2O/c1-8(18-12(2,3)11(17)19)9-5-4-6-10(7-9)13(14,15)16/h4-8,18H,1-3H3,(H2,17,19). The summed E-state index contributed by atoms with van der Waals surface area (Å²) in [6, 6.07) is 4.56. The molecule has 1 aromatic rings. The molecule has 3 nitrogen and oxygen atoms in total. The summed E-state index contributed by atoms with van der Waals surface area (Å²) in [6.07, 6.45) is -4.38. The molecule has 0 heterocycles. The maximum atomic E-state index is 12.6. The fraction of sp³-hybridized carbons (Fsp3) is 0.462. The van der Waals surface area contributed by atoms with Gasteiger partial charge in [0.2, 0.25) is 5.91 Å². The van der Waals surface area contributed by atoms with Crippen LogP contribution in [0.5, 0.6) is 0 Å². The Morgan fingerprint density at radius 3 is 2.37 bits per heavy atom. The number of rotatable bonds is 4. The molecular weight excluding hydrogens is 257 g/mol. The van der Waals surface area contributed by atoms with Crippen LogP contribution in [0.3, 0.4) is 0 Å². The van der Waals surface area contributed by atoms with E-state index in [0.717, 1.165) is 12.1 Å². The van der Waals surface area contributed by atoms with Crippen LogP contribution in [0, 0.1) is 0 Å². The van der Waals surface area contributed by atoms with Crippen molar-refractivity contribution in [1.82, 2.24) is 5.32 Å². The second-order valence-corrected chi connectivity index (χ2v) is 4.98. The fourth-order valence-corrected chi connectivity index (χ4v) is 1.68. The van der Waals surface area contributed by atoms with Gasteiger partial charge in [0.1, 0.15) is 0 Å². The van der Waals surface area contributed by atoms with Gasteiger partial charge in [-0.05, 0) is 38.5 Å². The quantitative estimate of drug-likeness (QED) is 0.886. The molecule has 0 saturated carbocycles. The highest BCUT2D eigenvalue weighted by Gasteiger charge is 2.31. The molecule has 0 saturated heterocycles. The lowest BCUT2D eigenvalue weighted by Gasteiger charge is -2.27. The van der Waals surface area contributed by atoms with Gasteiger partial charge in [0.05, 0.1) is 11.1 Å². The van der Waals surface area contributed by atoms with Gasteiger partial charge in [0, 0.05) is 6.04 Å². The first-order chi connectivity index (χ1) is 8.54. The number of benzene rings is 1. The summed E-state index contributed by atoms with van der Waals surface area (Å²) in [5.41, 5.74) is 3.96. The fourth-order valence-electron chi connectivity index (χ4n) is 1.68. The molecule has 3 N–H and O–H groups in total. The lowest BCUT2D eigenvalue weighted by atomic mass is 9.99. The van der Waals surface area contributed by atoms with Crippen molar-refractivity contribution in [3.63, 3.8) is 0 Å².